The van der Waals surface area contributed by atoms with Gasteiger partial charge in [-0.15, -0.1) is 0 Å². The summed E-state index contributed by atoms with van der Waals surface area (Å²) in [4.78, 5) is 35.9. The molecule has 3 rings (SSSR count). The summed E-state index contributed by atoms with van der Waals surface area (Å²) in [5.74, 6) is -2.62. The summed E-state index contributed by atoms with van der Waals surface area (Å²) in [6.45, 7) is 5.07. The molecule has 1 aliphatic carbocycles. The van der Waals surface area contributed by atoms with Gasteiger partial charge >= 0.3 is 18.0 Å². The molecule has 0 bridgehead atoms. The smallest absolute Gasteiger partial charge is 0.407 e. The highest BCUT2D eigenvalue weighted by Gasteiger charge is 2.32. The molecule has 162 valence electrons. The number of carboxylic acid groups (broad SMARTS) is 1. The van der Waals surface area contributed by atoms with Gasteiger partial charge in [-0.1, -0.05) is 68.1 Å². The van der Waals surface area contributed by atoms with Crippen LogP contribution in [0.4, 0.5) is 4.79 Å². The lowest BCUT2D eigenvalue weighted by Gasteiger charge is -2.22. The lowest BCUT2D eigenvalue weighted by Crippen LogP contribution is -2.47. The number of hydrogen-bond acceptors (Lipinski definition) is 5. The molecule has 2 aromatic rings. The van der Waals surface area contributed by atoms with Gasteiger partial charge in [0.25, 0.3) is 0 Å². The monoisotopic (exact) mass is 423 g/mol. The van der Waals surface area contributed by atoms with E-state index in [0.29, 0.717) is 0 Å². The van der Waals surface area contributed by atoms with Crippen LogP contribution in [0.5, 0.6) is 0 Å². The summed E-state index contributed by atoms with van der Waals surface area (Å²) in [6.07, 6.45) is 0.279. The summed E-state index contributed by atoms with van der Waals surface area (Å²) in [5.41, 5.74) is 4.34. The zero-order valence-corrected chi connectivity index (χ0v) is 17.2. The fraction of sp³-hybridized carbons (Fsp3) is 0.292. The number of benzene rings is 2. The SMILES string of the molecule is C=CCOC(=O)C(NC(=O)OCC1c2ccccc2-c2ccccc21)[C@H](C)CC(=O)O. The molecule has 1 aliphatic rings. The molecule has 7 nitrogen and oxygen atoms in total. The summed E-state index contributed by atoms with van der Waals surface area (Å²) in [6, 6.07) is 14.8. The second kappa shape index (κ2) is 9.93. The third kappa shape index (κ3) is 5.12. The van der Waals surface area contributed by atoms with Gasteiger partial charge in [-0.05, 0) is 28.2 Å². The average molecular weight is 423 g/mol. The number of carbonyl (C=O) groups excluding carboxylic acids is 2. The summed E-state index contributed by atoms with van der Waals surface area (Å²) < 4.78 is 10.5. The Balaban J connectivity index is 1.69. The minimum absolute atomic E-state index is 0.0402. The van der Waals surface area contributed by atoms with E-state index in [1.54, 1.807) is 6.92 Å². The number of hydrogen-bond donors (Lipinski definition) is 2. The summed E-state index contributed by atoms with van der Waals surface area (Å²) >= 11 is 0. The number of fused-ring (bicyclic) bond motifs is 3. The second-order valence-corrected chi connectivity index (χ2v) is 7.44. The Morgan fingerprint density at radius 3 is 2.19 bits per heavy atom. The molecule has 0 fully saturated rings. The van der Waals surface area contributed by atoms with Crippen LogP contribution in [-0.2, 0) is 19.1 Å². The predicted molar refractivity (Wildman–Crippen MR) is 115 cm³/mol. The van der Waals surface area contributed by atoms with E-state index in [-0.39, 0.29) is 25.6 Å². The third-order valence-electron chi connectivity index (χ3n) is 5.28. The maximum atomic E-state index is 12.5. The van der Waals surface area contributed by atoms with Gasteiger partial charge in [0.2, 0.25) is 0 Å². The van der Waals surface area contributed by atoms with E-state index in [4.69, 9.17) is 14.6 Å². The molecular weight excluding hydrogens is 398 g/mol. The topological polar surface area (TPSA) is 102 Å². The number of amides is 1. The van der Waals surface area contributed by atoms with Gasteiger partial charge in [-0.3, -0.25) is 4.79 Å². The molecule has 2 atom stereocenters. The Hall–Kier alpha value is -3.61. The highest BCUT2D eigenvalue weighted by molar-refractivity contribution is 5.83. The van der Waals surface area contributed by atoms with Crippen LogP contribution in [0.25, 0.3) is 11.1 Å². The van der Waals surface area contributed by atoms with E-state index in [2.05, 4.69) is 11.9 Å². The number of carboxylic acids is 1. The molecule has 0 saturated heterocycles. The van der Waals surface area contributed by atoms with Crippen LogP contribution in [0.15, 0.2) is 61.2 Å². The summed E-state index contributed by atoms with van der Waals surface area (Å²) in [5, 5.41) is 11.5. The van der Waals surface area contributed by atoms with E-state index in [0.717, 1.165) is 22.3 Å². The highest BCUT2D eigenvalue weighted by atomic mass is 16.6. The molecule has 0 radical (unpaired) electrons. The molecule has 31 heavy (non-hydrogen) atoms. The molecular formula is C24H25NO6. The van der Waals surface area contributed by atoms with Crippen molar-refractivity contribution in [3.8, 4) is 11.1 Å². The number of esters is 1. The number of alkyl carbamates (subject to hydrolysis) is 1. The Morgan fingerprint density at radius 1 is 1.06 bits per heavy atom. The fourth-order valence-corrected chi connectivity index (χ4v) is 3.82. The number of ether oxygens (including phenoxy) is 2. The van der Waals surface area contributed by atoms with Crippen LogP contribution >= 0.6 is 0 Å². The lowest BCUT2D eigenvalue weighted by atomic mass is 9.98. The Labute approximate surface area is 180 Å². The van der Waals surface area contributed by atoms with Crippen molar-refractivity contribution in [1.29, 1.82) is 0 Å². The quantitative estimate of drug-likeness (QED) is 0.471. The zero-order chi connectivity index (χ0) is 22.4. The van der Waals surface area contributed by atoms with Gasteiger partial charge in [0.05, 0.1) is 6.42 Å². The molecule has 0 aliphatic heterocycles. The molecule has 0 aromatic heterocycles. The van der Waals surface area contributed by atoms with Gasteiger partial charge in [-0.25, -0.2) is 9.59 Å². The Bertz CT molecular complexity index is 940. The first-order valence-corrected chi connectivity index (χ1v) is 10.0. The number of nitrogens with one attached hydrogen (secondary N) is 1. The number of carbonyl (C=O) groups is 3. The first kappa shape index (κ1) is 22.1. The van der Waals surface area contributed by atoms with Gasteiger partial charge in [-0.2, -0.15) is 0 Å². The first-order valence-electron chi connectivity index (χ1n) is 10.0. The first-order chi connectivity index (χ1) is 14.9. The third-order valence-corrected chi connectivity index (χ3v) is 5.28. The van der Waals surface area contributed by atoms with E-state index >= 15 is 0 Å². The maximum Gasteiger partial charge on any atom is 0.407 e. The molecule has 2 aromatic carbocycles. The van der Waals surface area contributed by atoms with Crippen LogP contribution in [0.3, 0.4) is 0 Å². The van der Waals surface area contributed by atoms with E-state index < -0.39 is 30.0 Å². The molecule has 0 saturated carbocycles. The average Bonchev–Trinajstić information content (AvgIpc) is 3.07. The number of rotatable bonds is 9. The van der Waals surface area contributed by atoms with E-state index in [1.807, 2.05) is 48.5 Å². The predicted octanol–water partition coefficient (Wildman–Crippen LogP) is 3.73. The summed E-state index contributed by atoms with van der Waals surface area (Å²) in [7, 11) is 0. The van der Waals surface area contributed by atoms with Crippen molar-refractivity contribution < 1.29 is 29.0 Å². The molecule has 0 heterocycles. The van der Waals surface area contributed by atoms with Gasteiger partial charge in [0.1, 0.15) is 19.3 Å². The van der Waals surface area contributed by atoms with Gasteiger partial charge in [0.15, 0.2) is 0 Å². The van der Waals surface area contributed by atoms with Crippen LogP contribution in [0, 0.1) is 5.92 Å². The van der Waals surface area contributed by atoms with E-state index in [9.17, 15) is 14.4 Å². The van der Waals surface area contributed by atoms with Crippen molar-refractivity contribution in [3.63, 3.8) is 0 Å². The normalized spacial score (nSPS) is 14.0. The molecule has 1 unspecified atom stereocenters. The van der Waals surface area contributed by atoms with Crippen molar-refractivity contribution >= 4 is 18.0 Å². The van der Waals surface area contributed by atoms with Crippen LogP contribution in [0.2, 0.25) is 0 Å². The van der Waals surface area contributed by atoms with Crippen molar-refractivity contribution in [2.75, 3.05) is 13.2 Å². The number of aliphatic carboxylic acids is 1. The van der Waals surface area contributed by atoms with Crippen molar-refractivity contribution in [1.82, 2.24) is 5.32 Å². The molecule has 1 amide bonds. The zero-order valence-electron chi connectivity index (χ0n) is 17.2. The highest BCUT2D eigenvalue weighted by Crippen LogP contribution is 2.44. The molecule has 7 heteroatoms. The van der Waals surface area contributed by atoms with Gasteiger partial charge < -0.3 is 19.9 Å². The fourth-order valence-electron chi connectivity index (χ4n) is 3.82. The molecule has 2 N–H and O–H groups in total. The maximum absolute atomic E-state index is 12.5. The van der Waals surface area contributed by atoms with Crippen molar-refractivity contribution in [2.45, 2.75) is 25.3 Å². The molecule has 0 spiro atoms. The Kier molecular flexibility index (Phi) is 7.07. The standard InChI is InChI=1S/C24H25NO6/c1-3-12-30-23(28)22(15(2)13-21(26)27)25-24(29)31-14-20-18-10-6-4-8-16(18)17-9-5-7-11-19(17)20/h3-11,15,20,22H,1,12-14H2,2H3,(H,25,29)(H,26,27)/t15-,22?/m1/s1. The van der Waals surface area contributed by atoms with Crippen LogP contribution in [-0.4, -0.2) is 42.4 Å². The second-order valence-electron chi connectivity index (χ2n) is 7.44. The minimum Gasteiger partial charge on any atom is -0.481 e. The van der Waals surface area contributed by atoms with Crippen LogP contribution < -0.4 is 5.32 Å². The van der Waals surface area contributed by atoms with Crippen molar-refractivity contribution in [2.24, 2.45) is 5.92 Å². The van der Waals surface area contributed by atoms with Gasteiger partial charge in [0, 0.05) is 5.92 Å². The largest absolute Gasteiger partial charge is 0.481 e. The van der Waals surface area contributed by atoms with Crippen LogP contribution in [0.1, 0.15) is 30.4 Å². The Morgan fingerprint density at radius 2 is 1.65 bits per heavy atom. The van der Waals surface area contributed by atoms with E-state index in [1.165, 1.54) is 6.08 Å². The lowest BCUT2D eigenvalue weighted by molar-refractivity contribution is -0.147. The van der Waals surface area contributed by atoms with Crippen molar-refractivity contribution in [3.05, 3.63) is 72.3 Å². The minimum atomic E-state index is -1.15.